The van der Waals surface area contributed by atoms with Crippen molar-refractivity contribution in [2.75, 3.05) is 32.4 Å². The molecule has 0 aliphatic carbocycles. The van der Waals surface area contributed by atoms with Gasteiger partial charge >= 0.3 is 0 Å². The van der Waals surface area contributed by atoms with E-state index in [1.54, 1.807) is 4.31 Å². The second kappa shape index (κ2) is 6.74. The quantitative estimate of drug-likeness (QED) is 0.911. The van der Waals surface area contributed by atoms with Gasteiger partial charge in [-0.2, -0.15) is 0 Å². The van der Waals surface area contributed by atoms with Gasteiger partial charge in [-0.1, -0.05) is 18.2 Å². The molecular weight excluding hydrogens is 334 g/mol. The molecule has 0 radical (unpaired) electrons. The molecule has 4 rings (SSSR count). The van der Waals surface area contributed by atoms with Gasteiger partial charge in [0.15, 0.2) is 0 Å². The van der Waals surface area contributed by atoms with Crippen molar-refractivity contribution in [2.24, 2.45) is 11.8 Å². The molecule has 0 bridgehead atoms. The van der Waals surface area contributed by atoms with Crippen molar-refractivity contribution >= 4 is 20.9 Å². The minimum Gasteiger partial charge on any atom is -0.361 e. The number of hydrogen-bond acceptors (Lipinski definition) is 3. The van der Waals surface area contributed by atoms with Crippen molar-refractivity contribution in [3.05, 3.63) is 36.0 Å². The maximum absolute atomic E-state index is 11.7. The monoisotopic (exact) mass is 361 g/mol. The van der Waals surface area contributed by atoms with E-state index in [2.05, 4.69) is 40.3 Å². The van der Waals surface area contributed by atoms with E-state index >= 15 is 0 Å². The summed E-state index contributed by atoms with van der Waals surface area (Å²) in [6.45, 7) is 4.69. The summed E-state index contributed by atoms with van der Waals surface area (Å²) in [5, 5.41) is 1.33. The largest absolute Gasteiger partial charge is 0.361 e. The van der Waals surface area contributed by atoms with Crippen LogP contribution in [0.3, 0.4) is 0 Å². The van der Waals surface area contributed by atoms with E-state index < -0.39 is 10.0 Å². The highest BCUT2D eigenvalue weighted by atomic mass is 32.2. The molecule has 2 aliphatic rings. The van der Waals surface area contributed by atoms with Crippen LogP contribution in [-0.2, 0) is 16.6 Å². The molecule has 0 spiro atoms. The number of fused-ring (bicyclic) bond motifs is 1. The number of hydrogen-bond donors (Lipinski definition) is 1. The predicted octanol–water partition coefficient (Wildman–Crippen LogP) is 2.66. The van der Waals surface area contributed by atoms with Gasteiger partial charge in [0.05, 0.1) is 6.26 Å². The molecule has 3 heterocycles. The summed E-state index contributed by atoms with van der Waals surface area (Å²) in [6, 6.07) is 8.48. The van der Waals surface area contributed by atoms with Gasteiger partial charge in [-0.25, -0.2) is 12.7 Å². The summed E-state index contributed by atoms with van der Waals surface area (Å²) in [7, 11) is -3.02. The van der Waals surface area contributed by atoms with Gasteiger partial charge in [-0.15, -0.1) is 0 Å². The van der Waals surface area contributed by atoms with Crippen molar-refractivity contribution in [2.45, 2.75) is 25.8 Å². The van der Waals surface area contributed by atoms with Crippen LogP contribution in [0.1, 0.15) is 24.8 Å². The van der Waals surface area contributed by atoms with Crippen LogP contribution in [0.25, 0.3) is 10.9 Å². The highest BCUT2D eigenvalue weighted by Gasteiger charge is 2.33. The Morgan fingerprint density at radius 2 is 1.80 bits per heavy atom. The SMILES string of the molecule is CS(=O)(=O)N1CCC(C2CCN(Cc3c[nH]c4ccccc34)C2)CC1. The van der Waals surface area contributed by atoms with Crippen LogP contribution in [0.2, 0.25) is 0 Å². The molecule has 2 aromatic rings. The van der Waals surface area contributed by atoms with Crippen molar-refractivity contribution in [1.82, 2.24) is 14.2 Å². The third-order valence-corrected chi connectivity index (χ3v) is 7.32. The van der Waals surface area contributed by atoms with E-state index in [1.807, 2.05) is 0 Å². The van der Waals surface area contributed by atoms with Crippen LogP contribution >= 0.6 is 0 Å². The van der Waals surface area contributed by atoms with Crippen LogP contribution in [0.15, 0.2) is 30.5 Å². The van der Waals surface area contributed by atoms with Crippen LogP contribution in [0.4, 0.5) is 0 Å². The van der Waals surface area contributed by atoms with Gasteiger partial charge < -0.3 is 4.98 Å². The third-order valence-electron chi connectivity index (χ3n) is 6.01. The lowest BCUT2D eigenvalue weighted by atomic mass is 9.84. The summed E-state index contributed by atoms with van der Waals surface area (Å²) in [5.74, 6) is 1.39. The highest BCUT2D eigenvalue weighted by Crippen LogP contribution is 2.33. The first-order valence-electron chi connectivity index (χ1n) is 9.23. The zero-order chi connectivity index (χ0) is 17.4. The first-order chi connectivity index (χ1) is 12.0. The first-order valence-corrected chi connectivity index (χ1v) is 11.1. The van der Waals surface area contributed by atoms with Crippen molar-refractivity contribution < 1.29 is 8.42 Å². The number of nitrogens with one attached hydrogen (secondary N) is 1. The molecule has 6 heteroatoms. The molecule has 1 aromatic heterocycles. The molecule has 2 saturated heterocycles. The fourth-order valence-corrected chi connectivity index (χ4v) is 5.45. The number of para-hydroxylation sites is 1. The molecule has 2 aliphatic heterocycles. The lowest BCUT2D eigenvalue weighted by Gasteiger charge is -2.33. The van der Waals surface area contributed by atoms with Crippen LogP contribution in [0.5, 0.6) is 0 Å². The molecule has 25 heavy (non-hydrogen) atoms. The fourth-order valence-electron chi connectivity index (χ4n) is 4.57. The van der Waals surface area contributed by atoms with Gasteiger partial charge in [-0.05, 0) is 49.3 Å². The Hall–Kier alpha value is -1.37. The molecule has 5 nitrogen and oxygen atoms in total. The standard InChI is InChI=1S/C19H27N3O2S/c1-25(23,24)22-10-7-15(8-11-22)16-6-9-21(13-16)14-17-12-20-19-5-3-2-4-18(17)19/h2-5,12,15-16,20H,6-11,13-14H2,1H3. The Labute approximate surface area is 150 Å². The average Bonchev–Trinajstić information content (AvgIpc) is 3.22. The Balaban J connectivity index is 1.34. The molecular formula is C19H27N3O2S. The minimum atomic E-state index is -3.02. The lowest BCUT2D eigenvalue weighted by molar-refractivity contribution is 0.202. The first kappa shape index (κ1) is 17.1. The number of piperidine rings is 1. The predicted molar refractivity (Wildman–Crippen MR) is 101 cm³/mol. The average molecular weight is 362 g/mol. The van der Waals surface area contributed by atoms with Crippen LogP contribution < -0.4 is 0 Å². The molecule has 1 N–H and O–H groups in total. The van der Waals surface area contributed by atoms with Crippen molar-refractivity contribution in [1.29, 1.82) is 0 Å². The summed E-state index contributed by atoms with van der Waals surface area (Å²) < 4.78 is 25.0. The Morgan fingerprint density at radius 1 is 1.08 bits per heavy atom. The number of aromatic nitrogens is 1. The molecule has 136 valence electrons. The van der Waals surface area contributed by atoms with Crippen LogP contribution in [-0.4, -0.2) is 55.0 Å². The van der Waals surface area contributed by atoms with Crippen molar-refractivity contribution in [3.8, 4) is 0 Å². The van der Waals surface area contributed by atoms with Gasteiger partial charge in [0.1, 0.15) is 0 Å². The second-order valence-electron chi connectivity index (χ2n) is 7.64. The molecule has 1 unspecified atom stereocenters. The second-order valence-corrected chi connectivity index (χ2v) is 9.63. The highest BCUT2D eigenvalue weighted by molar-refractivity contribution is 7.88. The minimum absolute atomic E-state index is 0.672. The molecule has 0 saturated carbocycles. The van der Waals surface area contributed by atoms with E-state index in [0.717, 1.165) is 32.5 Å². The van der Waals surface area contributed by atoms with Gasteiger partial charge in [0.25, 0.3) is 0 Å². The van der Waals surface area contributed by atoms with Crippen molar-refractivity contribution in [3.63, 3.8) is 0 Å². The molecule has 0 amide bonds. The van der Waals surface area contributed by atoms with E-state index in [9.17, 15) is 8.42 Å². The fraction of sp³-hybridized carbons (Fsp3) is 0.579. The third kappa shape index (κ3) is 3.61. The summed E-state index contributed by atoms with van der Waals surface area (Å²) in [4.78, 5) is 5.93. The Kier molecular flexibility index (Phi) is 4.60. The normalized spacial score (nSPS) is 24.3. The van der Waals surface area contributed by atoms with Gasteiger partial charge in [0, 0.05) is 43.3 Å². The lowest BCUT2D eigenvalue weighted by Crippen LogP contribution is -2.39. The van der Waals surface area contributed by atoms with E-state index in [1.165, 1.54) is 29.1 Å². The van der Waals surface area contributed by atoms with E-state index in [4.69, 9.17) is 0 Å². The molecule has 1 aromatic carbocycles. The maximum Gasteiger partial charge on any atom is 0.211 e. The number of rotatable bonds is 4. The summed E-state index contributed by atoms with van der Waals surface area (Å²) in [5.41, 5.74) is 2.59. The molecule has 1 atom stereocenters. The number of benzene rings is 1. The van der Waals surface area contributed by atoms with Gasteiger partial charge in [-0.3, -0.25) is 4.90 Å². The van der Waals surface area contributed by atoms with Crippen LogP contribution in [0, 0.1) is 11.8 Å². The maximum atomic E-state index is 11.7. The van der Waals surface area contributed by atoms with E-state index in [-0.39, 0.29) is 0 Å². The Bertz CT molecular complexity index is 837. The molecule has 2 fully saturated rings. The smallest absolute Gasteiger partial charge is 0.211 e. The number of H-pyrrole nitrogens is 1. The number of sulfonamides is 1. The van der Waals surface area contributed by atoms with Gasteiger partial charge in [0.2, 0.25) is 10.0 Å². The summed E-state index contributed by atoms with van der Waals surface area (Å²) in [6.07, 6.45) is 6.73. The zero-order valence-corrected chi connectivity index (χ0v) is 15.6. The number of likely N-dealkylation sites (tertiary alicyclic amines) is 1. The summed E-state index contributed by atoms with van der Waals surface area (Å²) >= 11 is 0. The number of aromatic amines is 1. The van der Waals surface area contributed by atoms with E-state index in [0.29, 0.717) is 24.9 Å². The number of nitrogens with zero attached hydrogens (tertiary/aromatic N) is 2. The zero-order valence-electron chi connectivity index (χ0n) is 14.8. The topological polar surface area (TPSA) is 56.4 Å². The Morgan fingerprint density at radius 3 is 2.56 bits per heavy atom.